The van der Waals surface area contributed by atoms with E-state index in [1.165, 1.54) is 24.7 Å². The smallest absolute Gasteiger partial charge is 0.387 e. The van der Waals surface area contributed by atoms with Crippen LogP contribution in [-0.4, -0.2) is 16.6 Å². The van der Waals surface area contributed by atoms with E-state index < -0.39 is 6.61 Å². The van der Waals surface area contributed by atoms with Crippen LogP contribution in [0.3, 0.4) is 0 Å². The zero-order chi connectivity index (χ0) is 13.0. The van der Waals surface area contributed by atoms with Crippen LogP contribution >= 0.6 is 0 Å². The molecule has 0 unspecified atom stereocenters. The van der Waals surface area contributed by atoms with E-state index in [1.54, 1.807) is 12.1 Å². The lowest BCUT2D eigenvalue weighted by Crippen LogP contribution is -2.02. The molecule has 0 saturated carbocycles. The zero-order valence-electron chi connectivity index (χ0n) is 9.18. The lowest BCUT2D eigenvalue weighted by Gasteiger charge is -2.08. The van der Waals surface area contributed by atoms with Crippen molar-refractivity contribution in [3.8, 4) is 5.75 Å². The van der Waals surface area contributed by atoms with Crippen LogP contribution in [0.5, 0.6) is 5.75 Å². The molecule has 2 rings (SSSR count). The minimum absolute atomic E-state index is 0.0891. The lowest BCUT2D eigenvalue weighted by molar-refractivity contribution is -0.0498. The molecule has 0 saturated heterocycles. The minimum Gasteiger partial charge on any atom is -0.435 e. The summed E-state index contributed by atoms with van der Waals surface area (Å²) >= 11 is 0. The summed E-state index contributed by atoms with van der Waals surface area (Å²) in [6, 6.07) is 6.01. The minimum atomic E-state index is -2.83. The summed E-state index contributed by atoms with van der Waals surface area (Å²) in [5.74, 6) is 0.540. The molecule has 1 aromatic heterocycles. The Kier molecular flexibility index (Phi) is 3.52. The van der Waals surface area contributed by atoms with Gasteiger partial charge in [-0.1, -0.05) is 0 Å². The van der Waals surface area contributed by atoms with Crippen molar-refractivity contribution in [3.63, 3.8) is 0 Å². The number of anilines is 3. The number of aromatic nitrogens is 2. The maximum Gasteiger partial charge on any atom is 0.387 e. The molecule has 0 spiro atoms. The van der Waals surface area contributed by atoms with Crippen molar-refractivity contribution in [1.29, 1.82) is 0 Å². The van der Waals surface area contributed by atoms with Gasteiger partial charge in [-0.05, 0) is 24.3 Å². The molecule has 1 heterocycles. The number of rotatable bonds is 4. The van der Waals surface area contributed by atoms with Crippen LogP contribution in [0.2, 0.25) is 0 Å². The van der Waals surface area contributed by atoms with Gasteiger partial charge in [0.2, 0.25) is 0 Å². The Morgan fingerprint density at radius 2 is 1.94 bits per heavy atom. The molecule has 0 aliphatic carbocycles. The number of hydrogen-bond acceptors (Lipinski definition) is 5. The molecular weight excluding hydrogens is 242 g/mol. The first kappa shape index (κ1) is 12.0. The second-order valence-electron chi connectivity index (χ2n) is 3.35. The van der Waals surface area contributed by atoms with Gasteiger partial charge in [-0.3, -0.25) is 0 Å². The highest BCUT2D eigenvalue weighted by Crippen LogP contribution is 2.22. The van der Waals surface area contributed by atoms with Crippen LogP contribution in [0.15, 0.2) is 36.8 Å². The van der Waals surface area contributed by atoms with Crippen LogP contribution in [0.25, 0.3) is 0 Å². The Labute approximate surface area is 102 Å². The molecule has 3 N–H and O–H groups in total. The number of ether oxygens (including phenoxy) is 1. The predicted octanol–water partition coefficient (Wildman–Crippen LogP) is 2.40. The molecule has 0 radical (unpaired) electrons. The first-order chi connectivity index (χ1) is 8.65. The Bertz CT molecular complexity index is 519. The highest BCUT2D eigenvalue weighted by atomic mass is 19.3. The van der Waals surface area contributed by atoms with Crippen molar-refractivity contribution in [2.45, 2.75) is 6.61 Å². The average Bonchev–Trinajstić information content (AvgIpc) is 2.34. The quantitative estimate of drug-likeness (QED) is 0.874. The number of hydrogen-bond donors (Lipinski definition) is 2. The summed E-state index contributed by atoms with van der Waals surface area (Å²) in [5.41, 5.74) is 6.70. The Hall–Kier alpha value is -2.44. The molecule has 5 nitrogen and oxygen atoms in total. The van der Waals surface area contributed by atoms with Crippen LogP contribution in [0.1, 0.15) is 0 Å². The molecule has 0 amide bonds. The Morgan fingerprint density at radius 1 is 1.22 bits per heavy atom. The molecule has 0 fully saturated rings. The number of nitrogen functional groups attached to an aromatic ring is 1. The van der Waals surface area contributed by atoms with Crippen molar-refractivity contribution < 1.29 is 13.5 Å². The van der Waals surface area contributed by atoms with Gasteiger partial charge in [-0.25, -0.2) is 9.97 Å². The zero-order valence-corrected chi connectivity index (χ0v) is 9.18. The molecule has 0 bridgehead atoms. The van der Waals surface area contributed by atoms with Gasteiger partial charge in [0.15, 0.2) is 5.82 Å². The number of nitrogens with two attached hydrogens (primary N) is 1. The number of halogens is 2. The second kappa shape index (κ2) is 5.26. The van der Waals surface area contributed by atoms with Crippen molar-refractivity contribution >= 4 is 17.2 Å². The molecule has 0 atom stereocenters. The van der Waals surface area contributed by atoms with E-state index in [0.717, 1.165) is 0 Å². The van der Waals surface area contributed by atoms with Crippen LogP contribution in [0, 0.1) is 0 Å². The van der Waals surface area contributed by atoms with Gasteiger partial charge in [0.05, 0.1) is 11.9 Å². The SMILES string of the molecule is Nc1cncnc1Nc1ccc(OC(F)F)cc1. The summed E-state index contributed by atoms with van der Waals surface area (Å²) in [7, 11) is 0. The summed E-state index contributed by atoms with van der Waals surface area (Å²) < 4.78 is 28.1. The summed E-state index contributed by atoms with van der Waals surface area (Å²) in [6.45, 7) is -2.83. The third kappa shape index (κ3) is 3.03. The molecule has 7 heteroatoms. The van der Waals surface area contributed by atoms with E-state index in [9.17, 15) is 8.78 Å². The van der Waals surface area contributed by atoms with Gasteiger partial charge in [-0.15, -0.1) is 0 Å². The second-order valence-corrected chi connectivity index (χ2v) is 3.35. The van der Waals surface area contributed by atoms with Crippen molar-refractivity contribution in [1.82, 2.24) is 9.97 Å². The monoisotopic (exact) mass is 252 g/mol. The first-order valence-corrected chi connectivity index (χ1v) is 5.02. The van der Waals surface area contributed by atoms with Gasteiger partial charge in [-0.2, -0.15) is 8.78 Å². The number of alkyl halides is 2. The van der Waals surface area contributed by atoms with Crippen LogP contribution in [-0.2, 0) is 0 Å². The fraction of sp³-hybridized carbons (Fsp3) is 0.0909. The van der Waals surface area contributed by atoms with Gasteiger partial charge in [0, 0.05) is 5.69 Å². The summed E-state index contributed by atoms with van der Waals surface area (Å²) in [6.07, 6.45) is 2.82. The molecule has 0 aliphatic heterocycles. The maximum absolute atomic E-state index is 11.9. The van der Waals surface area contributed by atoms with Crippen molar-refractivity contribution in [3.05, 3.63) is 36.8 Å². The van der Waals surface area contributed by atoms with Crippen LogP contribution in [0.4, 0.5) is 26.0 Å². The predicted molar refractivity (Wildman–Crippen MR) is 62.8 cm³/mol. The fourth-order valence-corrected chi connectivity index (χ4v) is 1.30. The third-order valence-electron chi connectivity index (χ3n) is 2.08. The van der Waals surface area contributed by atoms with Crippen molar-refractivity contribution in [2.75, 3.05) is 11.1 Å². The van der Waals surface area contributed by atoms with E-state index in [1.807, 2.05) is 0 Å². The van der Waals surface area contributed by atoms with E-state index in [0.29, 0.717) is 17.2 Å². The van der Waals surface area contributed by atoms with Crippen LogP contribution < -0.4 is 15.8 Å². The topological polar surface area (TPSA) is 73.1 Å². The van der Waals surface area contributed by atoms with Gasteiger partial charge in [0.25, 0.3) is 0 Å². The van der Waals surface area contributed by atoms with Crippen molar-refractivity contribution in [2.24, 2.45) is 0 Å². The van der Waals surface area contributed by atoms with E-state index in [2.05, 4.69) is 20.0 Å². The molecule has 94 valence electrons. The highest BCUT2D eigenvalue weighted by Gasteiger charge is 2.04. The third-order valence-corrected chi connectivity index (χ3v) is 2.08. The van der Waals surface area contributed by atoms with Gasteiger partial charge in [0.1, 0.15) is 12.1 Å². The molecule has 1 aromatic carbocycles. The normalized spacial score (nSPS) is 10.4. The summed E-state index contributed by atoms with van der Waals surface area (Å²) in [4.78, 5) is 7.70. The molecule has 2 aromatic rings. The lowest BCUT2D eigenvalue weighted by atomic mass is 10.3. The molecular formula is C11H10F2N4O. The Morgan fingerprint density at radius 3 is 2.56 bits per heavy atom. The number of nitrogens with one attached hydrogen (secondary N) is 1. The standard InChI is InChI=1S/C11H10F2N4O/c12-11(13)18-8-3-1-7(2-4-8)17-10-9(14)5-15-6-16-10/h1-6,11H,14H2,(H,15,16,17). The summed E-state index contributed by atoms with van der Waals surface area (Å²) in [5, 5.41) is 2.93. The van der Waals surface area contributed by atoms with E-state index >= 15 is 0 Å². The molecule has 0 aliphatic rings. The average molecular weight is 252 g/mol. The van der Waals surface area contributed by atoms with Gasteiger partial charge < -0.3 is 15.8 Å². The van der Waals surface area contributed by atoms with E-state index in [-0.39, 0.29) is 5.75 Å². The number of benzene rings is 1. The fourth-order valence-electron chi connectivity index (χ4n) is 1.30. The first-order valence-electron chi connectivity index (χ1n) is 5.02. The largest absolute Gasteiger partial charge is 0.435 e. The maximum atomic E-state index is 11.9. The number of nitrogens with zero attached hydrogens (tertiary/aromatic N) is 2. The van der Waals surface area contributed by atoms with Gasteiger partial charge >= 0.3 is 6.61 Å². The Balaban J connectivity index is 2.09. The highest BCUT2D eigenvalue weighted by molar-refractivity contribution is 5.67. The molecule has 18 heavy (non-hydrogen) atoms. The van der Waals surface area contributed by atoms with E-state index in [4.69, 9.17) is 5.73 Å².